The van der Waals surface area contributed by atoms with Gasteiger partial charge in [-0.15, -0.1) is 0 Å². The summed E-state index contributed by atoms with van der Waals surface area (Å²) >= 11 is 0. The molecule has 0 aromatic carbocycles. The minimum atomic E-state index is 0.182. The summed E-state index contributed by atoms with van der Waals surface area (Å²) in [6, 6.07) is 0.182. The predicted molar refractivity (Wildman–Crippen MR) is 76.3 cm³/mol. The molecule has 0 aliphatic carbocycles. The number of nitrogens with zero attached hydrogens (tertiary/aromatic N) is 3. The van der Waals surface area contributed by atoms with E-state index in [9.17, 15) is 0 Å². The average Bonchev–Trinajstić information content (AvgIpc) is 2.82. The first-order valence-electron chi connectivity index (χ1n) is 6.96. The van der Waals surface area contributed by atoms with Crippen LogP contribution in [0, 0.1) is 6.92 Å². The van der Waals surface area contributed by atoms with Crippen LogP contribution in [0.3, 0.4) is 0 Å². The molecule has 1 aromatic rings. The van der Waals surface area contributed by atoms with E-state index < -0.39 is 0 Å². The minimum Gasteiger partial charge on any atom is -0.481 e. The van der Waals surface area contributed by atoms with Crippen LogP contribution in [0.4, 0.5) is 0 Å². The van der Waals surface area contributed by atoms with Crippen LogP contribution in [0.2, 0.25) is 0 Å². The summed E-state index contributed by atoms with van der Waals surface area (Å²) in [6.07, 6.45) is 2.44. The van der Waals surface area contributed by atoms with Gasteiger partial charge in [-0.2, -0.15) is 5.10 Å². The standard InChI is InChI=1S/C14H26N4O/c1-10-12(13(19-5)17(4)16-10)11(9-15)18-8-6-7-14(18,2)3/h11H,6-9,15H2,1-5H3. The molecule has 1 aliphatic heterocycles. The molecule has 1 aliphatic rings. The normalized spacial score (nSPS) is 20.7. The van der Waals surface area contributed by atoms with E-state index >= 15 is 0 Å². The third-order valence-corrected chi connectivity index (χ3v) is 4.31. The van der Waals surface area contributed by atoms with E-state index in [1.807, 2.05) is 14.0 Å². The number of aryl methyl sites for hydroxylation is 2. The van der Waals surface area contributed by atoms with Gasteiger partial charge in [0.25, 0.3) is 0 Å². The van der Waals surface area contributed by atoms with Crippen molar-refractivity contribution >= 4 is 0 Å². The molecule has 2 heterocycles. The number of hydrogen-bond acceptors (Lipinski definition) is 4. The monoisotopic (exact) mass is 266 g/mol. The van der Waals surface area contributed by atoms with Gasteiger partial charge in [0, 0.05) is 19.1 Å². The topological polar surface area (TPSA) is 56.3 Å². The van der Waals surface area contributed by atoms with E-state index in [0.29, 0.717) is 6.54 Å². The molecule has 2 rings (SSSR count). The van der Waals surface area contributed by atoms with Gasteiger partial charge < -0.3 is 10.5 Å². The molecule has 2 N–H and O–H groups in total. The lowest BCUT2D eigenvalue weighted by molar-refractivity contribution is 0.117. The molecule has 5 heteroatoms. The summed E-state index contributed by atoms with van der Waals surface area (Å²) in [6.45, 7) is 8.30. The van der Waals surface area contributed by atoms with E-state index in [4.69, 9.17) is 10.5 Å². The van der Waals surface area contributed by atoms with Gasteiger partial charge in [0.2, 0.25) is 5.88 Å². The zero-order chi connectivity index (χ0) is 14.2. The van der Waals surface area contributed by atoms with Crippen LogP contribution in [-0.4, -0.2) is 40.4 Å². The second kappa shape index (κ2) is 5.13. The maximum atomic E-state index is 6.07. The van der Waals surface area contributed by atoms with Gasteiger partial charge in [-0.05, 0) is 40.2 Å². The SMILES string of the molecule is COc1c(C(CN)N2CCCC2(C)C)c(C)nn1C. The summed E-state index contributed by atoms with van der Waals surface area (Å²) in [5.74, 6) is 0.829. The third-order valence-electron chi connectivity index (χ3n) is 4.31. The molecule has 1 atom stereocenters. The van der Waals surface area contributed by atoms with Gasteiger partial charge in [-0.3, -0.25) is 4.90 Å². The fourth-order valence-corrected chi connectivity index (χ4v) is 3.39. The average molecular weight is 266 g/mol. The number of aromatic nitrogens is 2. The Labute approximate surface area is 115 Å². The van der Waals surface area contributed by atoms with Crippen LogP contribution in [0.25, 0.3) is 0 Å². The summed E-state index contributed by atoms with van der Waals surface area (Å²) < 4.78 is 7.33. The summed E-state index contributed by atoms with van der Waals surface area (Å²) in [7, 11) is 3.61. The first-order valence-corrected chi connectivity index (χ1v) is 6.96. The fourth-order valence-electron chi connectivity index (χ4n) is 3.39. The van der Waals surface area contributed by atoms with Crippen molar-refractivity contribution in [2.75, 3.05) is 20.2 Å². The highest BCUT2D eigenvalue weighted by Gasteiger charge is 2.39. The maximum absolute atomic E-state index is 6.07. The number of methoxy groups -OCH3 is 1. The molecular weight excluding hydrogens is 240 g/mol. The predicted octanol–water partition coefficient (Wildman–Crippen LogP) is 1.61. The van der Waals surface area contributed by atoms with Crippen LogP contribution in [0.1, 0.15) is 44.0 Å². The minimum absolute atomic E-state index is 0.182. The quantitative estimate of drug-likeness (QED) is 0.899. The molecule has 0 bridgehead atoms. The Kier molecular flexibility index (Phi) is 3.87. The van der Waals surface area contributed by atoms with Gasteiger partial charge in [0.1, 0.15) is 0 Å². The highest BCUT2D eigenvalue weighted by Crippen LogP contribution is 2.39. The lowest BCUT2D eigenvalue weighted by Gasteiger charge is -2.38. The highest BCUT2D eigenvalue weighted by atomic mass is 16.5. The zero-order valence-electron chi connectivity index (χ0n) is 12.7. The van der Waals surface area contributed by atoms with Crippen LogP contribution < -0.4 is 10.5 Å². The summed E-state index contributed by atoms with van der Waals surface area (Å²) in [5.41, 5.74) is 8.42. The molecule has 108 valence electrons. The summed E-state index contributed by atoms with van der Waals surface area (Å²) in [4.78, 5) is 2.50. The molecular formula is C14H26N4O. The van der Waals surface area contributed by atoms with Crippen molar-refractivity contribution in [2.24, 2.45) is 12.8 Å². The van der Waals surface area contributed by atoms with Crippen LogP contribution in [-0.2, 0) is 7.05 Å². The first-order chi connectivity index (χ1) is 8.92. The molecule has 0 spiro atoms. The first kappa shape index (κ1) is 14.3. The number of hydrogen-bond donors (Lipinski definition) is 1. The van der Waals surface area contributed by atoms with E-state index in [-0.39, 0.29) is 11.6 Å². The molecule has 1 saturated heterocycles. The van der Waals surface area contributed by atoms with Crippen molar-refractivity contribution in [3.05, 3.63) is 11.3 Å². The highest BCUT2D eigenvalue weighted by molar-refractivity contribution is 5.35. The second-order valence-electron chi connectivity index (χ2n) is 5.99. The molecule has 19 heavy (non-hydrogen) atoms. The van der Waals surface area contributed by atoms with E-state index in [1.54, 1.807) is 11.8 Å². The Hall–Kier alpha value is -1.07. The zero-order valence-corrected chi connectivity index (χ0v) is 12.7. The molecule has 1 fully saturated rings. The van der Waals surface area contributed by atoms with Crippen LogP contribution in [0.5, 0.6) is 5.88 Å². The van der Waals surface area contributed by atoms with Gasteiger partial charge >= 0.3 is 0 Å². The number of ether oxygens (including phenoxy) is 1. The van der Waals surface area contributed by atoms with Crippen LogP contribution >= 0.6 is 0 Å². The van der Waals surface area contributed by atoms with Crippen molar-refractivity contribution in [1.29, 1.82) is 0 Å². The van der Waals surface area contributed by atoms with Crippen LogP contribution in [0.15, 0.2) is 0 Å². The van der Waals surface area contributed by atoms with E-state index in [2.05, 4.69) is 23.8 Å². The largest absolute Gasteiger partial charge is 0.481 e. The molecule has 1 unspecified atom stereocenters. The molecule has 0 amide bonds. The Morgan fingerprint density at radius 3 is 2.63 bits per heavy atom. The molecule has 5 nitrogen and oxygen atoms in total. The van der Waals surface area contributed by atoms with Gasteiger partial charge in [-0.1, -0.05) is 0 Å². The van der Waals surface area contributed by atoms with Crippen molar-refractivity contribution < 1.29 is 4.74 Å². The lowest BCUT2D eigenvalue weighted by atomic mass is 9.97. The number of nitrogens with two attached hydrogens (primary N) is 1. The number of likely N-dealkylation sites (tertiary alicyclic amines) is 1. The fraction of sp³-hybridized carbons (Fsp3) is 0.786. The Balaban J connectivity index is 2.43. The second-order valence-corrected chi connectivity index (χ2v) is 5.99. The molecule has 0 radical (unpaired) electrons. The third kappa shape index (κ3) is 2.37. The Bertz CT molecular complexity index is 453. The van der Waals surface area contributed by atoms with Crippen molar-refractivity contribution in [3.8, 4) is 5.88 Å². The molecule has 1 aromatic heterocycles. The van der Waals surface area contributed by atoms with Crippen molar-refractivity contribution in [2.45, 2.75) is 45.2 Å². The van der Waals surface area contributed by atoms with Gasteiger partial charge in [0.05, 0.1) is 24.4 Å². The summed E-state index contributed by atoms with van der Waals surface area (Å²) in [5, 5.41) is 4.48. The maximum Gasteiger partial charge on any atom is 0.216 e. The number of rotatable bonds is 4. The Morgan fingerprint density at radius 1 is 1.47 bits per heavy atom. The van der Waals surface area contributed by atoms with Crippen molar-refractivity contribution in [1.82, 2.24) is 14.7 Å². The van der Waals surface area contributed by atoms with Gasteiger partial charge in [0.15, 0.2) is 0 Å². The molecule has 0 saturated carbocycles. The van der Waals surface area contributed by atoms with E-state index in [1.165, 1.54) is 12.8 Å². The van der Waals surface area contributed by atoms with E-state index in [0.717, 1.165) is 23.7 Å². The van der Waals surface area contributed by atoms with Gasteiger partial charge in [-0.25, -0.2) is 4.68 Å². The smallest absolute Gasteiger partial charge is 0.216 e. The Morgan fingerprint density at radius 2 is 2.16 bits per heavy atom. The van der Waals surface area contributed by atoms with Crippen molar-refractivity contribution in [3.63, 3.8) is 0 Å². The lowest BCUT2D eigenvalue weighted by Crippen LogP contribution is -2.43.